The number of aromatic nitrogens is 6. The minimum Gasteiger partial charge on any atom is -0.393 e. The van der Waals surface area contributed by atoms with E-state index in [1.54, 1.807) is 10.9 Å². The number of hydrogen-bond acceptors (Lipinski definition) is 6. The zero-order valence-electron chi connectivity index (χ0n) is 15.1. The standard InChI is InChI=1S/C20H20N6O/c1-12-2-4-14-10-15(5-7-17(14)22-12)26-20-18(24-25-26)11-21-19(23-20)9-13-3-6-16(27)8-13/h2,4-5,7,10-11,13,16,27H,3,6,8-9H2,1H3/t13-,16-/m1/s1. The third-order valence-corrected chi connectivity index (χ3v) is 5.28. The Labute approximate surface area is 156 Å². The van der Waals surface area contributed by atoms with Gasteiger partial charge in [0.05, 0.1) is 23.5 Å². The fraction of sp³-hybridized carbons (Fsp3) is 0.350. The van der Waals surface area contributed by atoms with Crippen LogP contribution in [0, 0.1) is 12.8 Å². The highest BCUT2D eigenvalue weighted by Gasteiger charge is 2.24. The van der Waals surface area contributed by atoms with Gasteiger partial charge in [0, 0.05) is 17.5 Å². The van der Waals surface area contributed by atoms with Gasteiger partial charge in [-0.1, -0.05) is 11.3 Å². The molecule has 1 aliphatic carbocycles. The van der Waals surface area contributed by atoms with Crippen molar-refractivity contribution < 1.29 is 5.11 Å². The highest BCUT2D eigenvalue weighted by molar-refractivity contribution is 5.82. The second kappa shape index (κ2) is 6.35. The van der Waals surface area contributed by atoms with E-state index in [-0.39, 0.29) is 6.10 Å². The monoisotopic (exact) mass is 360 g/mol. The summed E-state index contributed by atoms with van der Waals surface area (Å²) in [4.78, 5) is 13.7. The normalized spacial score (nSPS) is 19.9. The molecule has 5 rings (SSSR count). The van der Waals surface area contributed by atoms with Crippen LogP contribution in [0.3, 0.4) is 0 Å². The first-order valence-electron chi connectivity index (χ1n) is 9.29. The van der Waals surface area contributed by atoms with Gasteiger partial charge in [-0.15, -0.1) is 5.10 Å². The quantitative estimate of drug-likeness (QED) is 0.604. The fourth-order valence-corrected chi connectivity index (χ4v) is 3.87. The highest BCUT2D eigenvalue weighted by Crippen LogP contribution is 2.28. The lowest BCUT2D eigenvalue weighted by molar-refractivity contribution is 0.177. The van der Waals surface area contributed by atoms with E-state index in [9.17, 15) is 5.11 Å². The average molecular weight is 360 g/mol. The summed E-state index contributed by atoms with van der Waals surface area (Å²) >= 11 is 0. The van der Waals surface area contributed by atoms with Gasteiger partial charge < -0.3 is 5.11 Å². The van der Waals surface area contributed by atoms with E-state index in [2.05, 4.69) is 26.3 Å². The van der Waals surface area contributed by atoms with Crippen molar-refractivity contribution in [3.05, 3.63) is 48.0 Å². The zero-order chi connectivity index (χ0) is 18.4. The topological polar surface area (TPSA) is 89.6 Å². The third-order valence-electron chi connectivity index (χ3n) is 5.28. The van der Waals surface area contributed by atoms with Gasteiger partial charge in [0.1, 0.15) is 5.82 Å². The Hall–Kier alpha value is -2.93. The van der Waals surface area contributed by atoms with E-state index in [0.29, 0.717) is 17.1 Å². The van der Waals surface area contributed by atoms with Crippen molar-refractivity contribution in [1.29, 1.82) is 0 Å². The number of hydrogen-bond donors (Lipinski definition) is 1. The number of aryl methyl sites for hydroxylation is 1. The number of aliphatic hydroxyl groups is 1. The van der Waals surface area contributed by atoms with Crippen LogP contribution in [0.15, 0.2) is 36.5 Å². The van der Waals surface area contributed by atoms with Gasteiger partial charge in [-0.3, -0.25) is 4.98 Å². The second-order valence-corrected chi connectivity index (χ2v) is 7.36. The summed E-state index contributed by atoms with van der Waals surface area (Å²) < 4.78 is 1.75. The summed E-state index contributed by atoms with van der Waals surface area (Å²) in [6.07, 6.45) is 5.06. The molecule has 1 saturated carbocycles. The predicted molar refractivity (Wildman–Crippen MR) is 102 cm³/mol. The van der Waals surface area contributed by atoms with Crippen LogP contribution in [0.5, 0.6) is 0 Å². The van der Waals surface area contributed by atoms with E-state index < -0.39 is 0 Å². The molecule has 4 aromatic rings. The Morgan fingerprint density at radius 3 is 2.89 bits per heavy atom. The Morgan fingerprint density at radius 1 is 1.11 bits per heavy atom. The summed E-state index contributed by atoms with van der Waals surface area (Å²) in [5.41, 5.74) is 4.23. The number of fused-ring (bicyclic) bond motifs is 2. The van der Waals surface area contributed by atoms with Crippen LogP contribution in [0.4, 0.5) is 0 Å². The fourth-order valence-electron chi connectivity index (χ4n) is 3.87. The van der Waals surface area contributed by atoms with Gasteiger partial charge in [-0.2, -0.15) is 4.68 Å². The Morgan fingerprint density at radius 2 is 2.04 bits per heavy atom. The summed E-state index contributed by atoms with van der Waals surface area (Å²) in [5, 5.41) is 19.3. The molecule has 1 fully saturated rings. The predicted octanol–water partition coefficient (Wildman–Crippen LogP) is 2.77. The Balaban J connectivity index is 1.53. The summed E-state index contributed by atoms with van der Waals surface area (Å²) in [6, 6.07) is 10.1. The second-order valence-electron chi connectivity index (χ2n) is 7.36. The van der Waals surface area contributed by atoms with Crippen LogP contribution in [0.1, 0.15) is 30.8 Å². The van der Waals surface area contributed by atoms with Gasteiger partial charge in [0.15, 0.2) is 11.2 Å². The smallest absolute Gasteiger partial charge is 0.187 e. The van der Waals surface area contributed by atoms with Crippen molar-refractivity contribution in [2.24, 2.45) is 5.92 Å². The van der Waals surface area contributed by atoms with Crippen molar-refractivity contribution in [3.63, 3.8) is 0 Å². The van der Waals surface area contributed by atoms with Crippen LogP contribution >= 0.6 is 0 Å². The molecule has 0 aliphatic heterocycles. The SMILES string of the molecule is Cc1ccc2cc(-n3nnc4cnc(C[C@@H]5CC[C@@H](O)C5)nc43)ccc2n1. The maximum atomic E-state index is 9.74. The van der Waals surface area contributed by atoms with Gasteiger partial charge in [0.25, 0.3) is 0 Å². The molecule has 7 nitrogen and oxygen atoms in total. The first-order valence-corrected chi connectivity index (χ1v) is 9.29. The minimum absolute atomic E-state index is 0.180. The molecule has 1 aliphatic rings. The lowest BCUT2D eigenvalue weighted by atomic mass is 10.0. The minimum atomic E-state index is -0.180. The maximum Gasteiger partial charge on any atom is 0.187 e. The highest BCUT2D eigenvalue weighted by atomic mass is 16.3. The van der Waals surface area contributed by atoms with Crippen LogP contribution in [-0.2, 0) is 6.42 Å². The summed E-state index contributed by atoms with van der Waals surface area (Å²) in [6.45, 7) is 1.99. The molecule has 0 bridgehead atoms. The number of rotatable bonds is 3. The largest absolute Gasteiger partial charge is 0.393 e. The van der Waals surface area contributed by atoms with E-state index in [0.717, 1.165) is 53.8 Å². The maximum absolute atomic E-state index is 9.74. The van der Waals surface area contributed by atoms with E-state index in [1.807, 2.05) is 31.2 Å². The first kappa shape index (κ1) is 16.3. The molecule has 0 unspecified atom stereocenters. The molecule has 0 saturated heterocycles. The van der Waals surface area contributed by atoms with Crippen molar-refractivity contribution >= 4 is 22.1 Å². The Kier molecular flexibility index (Phi) is 3.82. The van der Waals surface area contributed by atoms with Gasteiger partial charge in [-0.25, -0.2) is 9.97 Å². The molecule has 1 N–H and O–H groups in total. The molecule has 0 radical (unpaired) electrons. The Bertz CT molecular complexity index is 1140. The van der Waals surface area contributed by atoms with Crippen molar-refractivity contribution in [2.45, 2.75) is 38.7 Å². The van der Waals surface area contributed by atoms with Crippen molar-refractivity contribution in [3.8, 4) is 5.69 Å². The van der Waals surface area contributed by atoms with Crippen molar-refractivity contribution in [2.75, 3.05) is 0 Å². The molecule has 0 spiro atoms. The molecule has 3 heterocycles. The number of aliphatic hydroxyl groups excluding tert-OH is 1. The molecule has 136 valence electrons. The van der Waals surface area contributed by atoms with E-state index in [4.69, 9.17) is 4.98 Å². The van der Waals surface area contributed by atoms with Crippen molar-refractivity contribution in [1.82, 2.24) is 29.9 Å². The first-order chi connectivity index (χ1) is 13.2. The average Bonchev–Trinajstić information content (AvgIpc) is 3.27. The van der Waals surface area contributed by atoms with Gasteiger partial charge >= 0.3 is 0 Å². The number of nitrogens with zero attached hydrogens (tertiary/aromatic N) is 6. The number of pyridine rings is 1. The summed E-state index contributed by atoms with van der Waals surface area (Å²) in [7, 11) is 0. The van der Waals surface area contributed by atoms with Crippen LogP contribution in [0.2, 0.25) is 0 Å². The molecule has 3 aromatic heterocycles. The van der Waals surface area contributed by atoms with Crippen LogP contribution < -0.4 is 0 Å². The third kappa shape index (κ3) is 3.04. The molecule has 2 atom stereocenters. The van der Waals surface area contributed by atoms with E-state index in [1.165, 1.54) is 0 Å². The number of benzene rings is 1. The molecule has 0 amide bonds. The lowest BCUT2D eigenvalue weighted by Crippen LogP contribution is -2.07. The van der Waals surface area contributed by atoms with Gasteiger partial charge in [-0.05, 0) is 56.4 Å². The van der Waals surface area contributed by atoms with E-state index >= 15 is 0 Å². The molecule has 7 heteroatoms. The molecule has 1 aromatic carbocycles. The zero-order valence-corrected chi connectivity index (χ0v) is 15.1. The molecular formula is C20H20N6O. The summed E-state index contributed by atoms with van der Waals surface area (Å²) in [5.74, 6) is 1.22. The van der Waals surface area contributed by atoms with Crippen LogP contribution in [0.25, 0.3) is 27.8 Å². The molecule has 27 heavy (non-hydrogen) atoms. The molecular weight excluding hydrogens is 340 g/mol. The van der Waals surface area contributed by atoms with Crippen LogP contribution in [-0.4, -0.2) is 41.2 Å². The van der Waals surface area contributed by atoms with Gasteiger partial charge in [0.2, 0.25) is 0 Å². The lowest BCUT2D eigenvalue weighted by Gasteiger charge is -2.08.